The van der Waals surface area contributed by atoms with E-state index in [1.807, 2.05) is 30.3 Å². The smallest absolute Gasteiger partial charge is 0.303 e. The summed E-state index contributed by atoms with van der Waals surface area (Å²) in [5, 5.41) is 14.2. The number of carboxylic acids is 1. The van der Waals surface area contributed by atoms with E-state index in [0.29, 0.717) is 25.9 Å². The van der Waals surface area contributed by atoms with Gasteiger partial charge in [0, 0.05) is 32.4 Å². The molecule has 0 fully saturated rings. The molecule has 1 unspecified atom stereocenters. The maximum Gasteiger partial charge on any atom is 0.303 e. The van der Waals surface area contributed by atoms with Gasteiger partial charge in [0.2, 0.25) is 11.8 Å². The zero-order valence-electron chi connectivity index (χ0n) is 15.9. The number of carboxylic acid groups (broad SMARTS) is 1. The van der Waals surface area contributed by atoms with E-state index in [1.54, 1.807) is 0 Å². The third-order valence-electron chi connectivity index (χ3n) is 3.91. The van der Waals surface area contributed by atoms with Crippen molar-refractivity contribution in [3.8, 4) is 0 Å². The Balaban J connectivity index is 2.53. The van der Waals surface area contributed by atoms with E-state index >= 15 is 0 Å². The number of aliphatic imine (C=N–C) groups is 1. The minimum atomic E-state index is -0.952. The number of amides is 2. The fourth-order valence-corrected chi connectivity index (χ4v) is 2.51. The molecule has 9 nitrogen and oxygen atoms in total. The highest BCUT2D eigenvalue weighted by atomic mass is 16.4. The second-order valence-electron chi connectivity index (χ2n) is 6.36. The molecule has 0 aromatic heterocycles. The summed E-state index contributed by atoms with van der Waals surface area (Å²) >= 11 is 0. The topological polar surface area (TPSA) is 160 Å². The zero-order chi connectivity index (χ0) is 20.8. The van der Waals surface area contributed by atoms with E-state index in [1.165, 1.54) is 0 Å². The quantitative estimate of drug-likeness (QED) is 0.183. The van der Waals surface area contributed by atoms with Crippen LogP contribution in [0, 0.1) is 0 Å². The molecule has 0 radical (unpaired) electrons. The number of carbonyl (C=O) groups excluding carboxylic acids is 2. The monoisotopic (exact) mass is 391 g/mol. The number of aliphatic carboxylic acids is 1. The number of carbonyl (C=O) groups is 3. The van der Waals surface area contributed by atoms with Crippen LogP contribution in [-0.2, 0) is 20.8 Å². The Hall–Kier alpha value is -3.10. The van der Waals surface area contributed by atoms with Crippen molar-refractivity contribution >= 4 is 23.7 Å². The van der Waals surface area contributed by atoms with Crippen molar-refractivity contribution < 1.29 is 19.5 Å². The molecule has 0 aliphatic heterocycles. The molecule has 1 aromatic carbocycles. The van der Waals surface area contributed by atoms with E-state index < -0.39 is 12.0 Å². The van der Waals surface area contributed by atoms with Crippen LogP contribution in [0.25, 0.3) is 0 Å². The van der Waals surface area contributed by atoms with Gasteiger partial charge in [-0.05, 0) is 24.8 Å². The van der Waals surface area contributed by atoms with E-state index in [-0.39, 0.29) is 37.0 Å². The Morgan fingerprint density at radius 1 is 1.04 bits per heavy atom. The van der Waals surface area contributed by atoms with Gasteiger partial charge in [0.1, 0.15) is 6.04 Å². The molecular formula is C19H29N5O4. The van der Waals surface area contributed by atoms with Crippen molar-refractivity contribution in [3.05, 3.63) is 35.9 Å². The van der Waals surface area contributed by atoms with Crippen molar-refractivity contribution in [2.45, 2.75) is 44.6 Å². The van der Waals surface area contributed by atoms with Crippen molar-refractivity contribution in [2.24, 2.45) is 16.5 Å². The number of hydrogen-bond acceptors (Lipinski definition) is 4. The number of nitrogens with one attached hydrogen (secondary N) is 2. The van der Waals surface area contributed by atoms with Crippen molar-refractivity contribution in [3.63, 3.8) is 0 Å². The lowest BCUT2D eigenvalue weighted by Crippen LogP contribution is -2.48. The van der Waals surface area contributed by atoms with Crippen molar-refractivity contribution in [2.75, 3.05) is 13.1 Å². The summed E-state index contributed by atoms with van der Waals surface area (Å²) in [6.45, 7) is 0.935. The van der Waals surface area contributed by atoms with E-state index in [9.17, 15) is 14.4 Å². The number of nitrogens with two attached hydrogens (primary N) is 2. The maximum atomic E-state index is 12.5. The van der Waals surface area contributed by atoms with Gasteiger partial charge in [-0.1, -0.05) is 30.3 Å². The van der Waals surface area contributed by atoms with Crippen LogP contribution in [0.1, 0.15) is 37.7 Å². The number of benzene rings is 1. The highest BCUT2D eigenvalue weighted by Crippen LogP contribution is 2.05. The molecule has 0 spiro atoms. The average Bonchev–Trinajstić information content (AvgIpc) is 2.64. The molecule has 0 aliphatic rings. The van der Waals surface area contributed by atoms with Gasteiger partial charge in [0.15, 0.2) is 5.96 Å². The predicted molar refractivity (Wildman–Crippen MR) is 106 cm³/mol. The van der Waals surface area contributed by atoms with Gasteiger partial charge in [-0.25, -0.2) is 0 Å². The molecule has 28 heavy (non-hydrogen) atoms. The van der Waals surface area contributed by atoms with Crippen LogP contribution in [0.3, 0.4) is 0 Å². The van der Waals surface area contributed by atoms with E-state index in [0.717, 1.165) is 12.0 Å². The molecule has 0 heterocycles. The van der Waals surface area contributed by atoms with Gasteiger partial charge in [-0.2, -0.15) is 0 Å². The van der Waals surface area contributed by atoms with E-state index in [2.05, 4.69) is 15.6 Å². The maximum absolute atomic E-state index is 12.5. The third kappa shape index (κ3) is 10.8. The fourth-order valence-electron chi connectivity index (χ4n) is 2.51. The lowest BCUT2D eigenvalue weighted by molar-refractivity contribution is -0.137. The number of nitrogens with zero attached hydrogens (tertiary/aromatic N) is 1. The van der Waals surface area contributed by atoms with Gasteiger partial charge in [0.25, 0.3) is 0 Å². The summed E-state index contributed by atoms with van der Waals surface area (Å²) in [6, 6.07) is 8.64. The molecule has 0 saturated carbocycles. The molecule has 9 heteroatoms. The Morgan fingerprint density at radius 2 is 1.75 bits per heavy atom. The minimum absolute atomic E-state index is 0.0394. The summed E-state index contributed by atoms with van der Waals surface area (Å²) in [5.74, 6) is -1.54. The van der Waals surface area contributed by atoms with Gasteiger partial charge in [-0.3, -0.25) is 19.4 Å². The molecule has 2 amide bonds. The molecule has 1 rings (SSSR count). The van der Waals surface area contributed by atoms with Gasteiger partial charge >= 0.3 is 5.97 Å². The lowest BCUT2D eigenvalue weighted by atomic mass is 10.0. The Labute approximate surface area is 164 Å². The molecule has 0 bridgehead atoms. The predicted octanol–water partition coefficient (Wildman–Crippen LogP) is 0.139. The molecule has 154 valence electrons. The zero-order valence-corrected chi connectivity index (χ0v) is 15.9. The molecular weight excluding hydrogens is 362 g/mol. The van der Waals surface area contributed by atoms with Crippen LogP contribution in [-0.4, -0.2) is 48.0 Å². The minimum Gasteiger partial charge on any atom is -0.481 e. The van der Waals surface area contributed by atoms with Crippen LogP contribution in [0.2, 0.25) is 0 Å². The first kappa shape index (κ1) is 22.9. The highest BCUT2D eigenvalue weighted by Gasteiger charge is 2.20. The first-order valence-electron chi connectivity index (χ1n) is 9.26. The Bertz CT molecular complexity index is 660. The van der Waals surface area contributed by atoms with Crippen molar-refractivity contribution in [1.82, 2.24) is 10.6 Å². The molecule has 0 aliphatic carbocycles. The molecule has 1 atom stereocenters. The summed E-state index contributed by atoms with van der Waals surface area (Å²) in [6.07, 6.45) is 1.98. The summed E-state index contributed by atoms with van der Waals surface area (Å²) in [5.41, 5.74) is 11.4. The largest absolute Gasteiger partial charge is 0.481 e. The number of unbranched alkanes of at least 4 members (excludes halogenated alkanes) is 1. The summed E-state index contributed by atoms with van der Waals surface area (Å²) in [4.78, 5) is 39.0. The molecule has 0 saturated heterocycles. The van der Waals surface area contributed by atoms with E-state index in [4.69, 9.17) is 16.6 Å². The second kappa shape index (κ2) is 13.1. The van der Waals surface area contributed by atoms with Crippen LogP contribution >= 0.6 is 0 Å². The number of guanidine groups is 1. The van der Waals surface area contributed by atoms with Gasteiger partial charge in [-0.15, -0.1) is 0 Å². The number of rotatable bonds is 13. The molecule has 7 N–H and O–H groups in total. The van der Waals surface area contributed by atoms with Crippen LogP contribution in [0.15, 0.2) is 35.3 Å². The Kier molecular flexibility index (Phi) is 10.8. The van der Waals surface area contributed by atoms with Gasteiger partial charge in [0.05, 0.1) is 0 Å². The average molecular weight is 391 g/mol. The summed E-state index contributed by atoms with van der Waals surface area (Å²) in [7, 11) is 0. The fraction of sp³-hybridized carbons (Fsp3) is 0.474. The highest BCUT2D eigenvalue weighted by molar-refractivity contribution is 5.88. The standard InChI is InChI=1S/C19H29N5O4/c20-19(21)23-12-5-4-11-22-18(28)15(13-14-7-2-1-3-8-14)24-16(25)9-6-10-17(26)27/h1-3,7-8,15H,4-6,9-13H2,(H,22,28)(H,24,25)(H,26,27)(H4,20,21,23). The molecule has 1 aromatic rings. The van der Waals surface area contributed by atoms with Crippen LogP contribution < -0.4 is 22.1 Å². The first-order valence-corrected chi connectivity index (χ1v) is 9.26. The SMILES string of the molecule is NC(N)=NCCCCNC(=O)C(Cc1ccccc1)NC(=O)CCCC(=O)O. The summed E-state index contributed by atoms with van der Waals surface area (Å²) < 4.78 is 0. The first-order chi connectivity index (χ1) is 13.4. The third-order valence-corrected chi connectivity index (χ3v) is 3.91. The number of hydrogen-bond donors (Lipinski definition) is 5. The second-order valence-corrected chi connectivity index (χ2v) is 6.36. The Morgan fingerprint density at radius 3 is 2.39 bits per heavy atom. The lowest BCUT2D eigenvalue weighted by Gasteiger charge is -2.19. The van der Waals surface area contributed by atoms with Crippen molar-refractivity contribution in [1.29, 1.82) is 0 Å². The normalized spacial score (nSPS) is 11.3. The van der Waals surface area contributed by atoms with Gasteiger partial charge < -0.3 is 27.2 Å². The van der Waals surface area contributed by atoms with Crippen LogP contribution in [0.5, 0.6) is 0 Å². The van der Waals surface area contributed by atoms with Crippen LogP contribution in [0.4, 0.5) is 0 Å².